The molecule has 0 amide bonds. The van der Waals surface area contributed by atoms with Crippen LogP contribution in [0.25, 0.3) is 0 Å². The molecule has 0 aliphatic heterocycles. The molecule has 8 atom stereocenters. The van der Waals surface area contributed by atoms with E-state index in [1.54, 1.807) is 26.0 Å². The predicted molar refractivity (Wildman–Crippen MR) is 204 cm³/mol. The summed E-state index contributed by atoms with van der Waals surface area (Å²) in [6.45, 7) is 11.7. The van der Waals surface area contributed by atoms with Crippen LogP contribution in [0.2, 0.25) is 0 Å². The van der Waals surface area contributed by atoms with Crippen LogP contribution in [0.15, 0.2) is 84.1 Å². The van der Waals surface area contributed by atoms with Crippen molar-refractivity contribution in [1.29, 1.82) is 0 Å². The predicted octanol–water partition coefficient (Wildman–Crippen LogP) is 7.54. The van der Waals surface area contributed by atoms with E-state index < -0.39 is 75.7 Å². The lowest BCUT2D eigenvalue weighted by molar-refractivity contribution is -0.228. The largest absolute Gasteiger partial charge is 0.461 e. The summed E-state index contributed by atoms with van der Waals surface area (Å²) in [5.41, 5.74) is -4.98. The highest BCUT2D eigenvalue weighted by atomic mass is 16.6. The molecule has 0 bridgehead atoms. The van der Waals surface area contributed by atoms with E-state index in [-0.39, 0.29) is 19.4 Å². The molecule has 4 rings (SSSR count). The second kappa shape index (κ2) is 17.5. The van der Waals surface area contributed by atoms with Gasteiger partial charge in [0.1, 0.15) is 18.3 Å². The van der Waals surface area contributed by atoms with Crippen molar-refractivity contribution in [2.75, 3.05) is 6.61 Å². The third-order valence-corrected chi connectivity index (χ3v) is 11.7. The lowest BCUT2D eigenvalue weighted by Crippen LogP contribution is -2.66. The maximum absolute atomic E-state index is 13.5. The highest BCUT2D eigenvalue weighted by molar-refractivity contribution is 6.04. The van der Waals surface area contributed by atoms with E-state index in [2.05, 4.69) is 61.6 Å². The maximum Gasteiger partial charge on any atom is 0.306 e. The van der Waals surface area contributed by atoms with Crippen LogP contribution in [-0.2, 0) is 33.4 Å². The first-order chi connectivity index (χ1) is 25.1. The summed E-state index contributed by atoms with van der Waals surface area (Å²) in [4.78, 5) is 51.4. The number of hydrogen-bond donors (Lipinski definition) is 2. The summed E-state index contributed by atoms with van der Waals surface area (Å²) in [6.07, 6.45) is 29.6. The molecule has 0 unspecified atom stereocenters. The quantitative estimate of drug-likeness (QED) is 0.0673. The molecule has 4 aliphatic rings. The topological polar surface area (TPSA) is 136 Å². The number of esters is 3. The first-order valence-electron chi connectivity index (χ1n) is 19.2. The number of rotatable bonds is 17. The molecular weight excluding hydrogens is 672 g/mol. The van der Waals surface area contributed by atoms with Gasteiger partial charge in [0.05, 0.1) is 5.60 Å². The van der Waals surface area contributed by atoms with Crippen molar-refractivity contribution in [3.63, 3.8) is 0 Å². The van der Waals surface area contributed by atoms with Crippen molar-refractivity contribution >= 4 is 23.7 Å². The number of unbranched alkanes of at least 4 members (excludes halogenated alkanes) is 1. The van der Waals surface area contributed by atoms with Crippen molar-refractivity contribution < 1.29 is 43.6 Å². The molecule has 0 saturated heterocycles. The molecule has 2 fully saturated rings. The standard InChI is InChI=1S/C44H60O9/c1-8-9-10-11-12-13-14-15-16-17-18-19-20-21-22-23-24-25-37(47)52-40-31(3)43(50)35(38-41(6,7)44(38,40)53-33(5)46)27-34(29-51-32(4)45)28-42(49)36(43)26-30(2)39(42)48/h9-10,12-13,15-16,18-19,21-22,26-27,31,35-36,38,40,49-50H,8,11,14,17,20,23-25,28-29H2,1-7H3/b10-9-,13-12-,16-15-,19-18-,22-21-/t31-,35+,36-,38-,40-,42-,43-,44-/m1/s1. The fraction of sp³-hybridized carbons (Fsp3) is 0.591. The fourth-order valence-corrected chi connectivity index (χ4v) is 9.18. The molecule has 0 heterocycles. The minimum atomic E-state index is -2.00. The van der Waals surface area contributed by atoms with E-state index in [0.717, 1.165) is 32.1 Å². The third-order valence-electron chi connectivity index (χ3n) is 11.7. The van der Waals surface area contributed by atoms with E-state index >= 15 is 0 Å². The van der Waals surface area contributed by atoms with Crippen LogP contribution in [0.5, 0.6) is 0 Å². The van der Waals surface area contributed by atoms with E-state index in [0.29, 0.717) is 24.0 Å². The van der Waals surface area contributed by atoms with Gasteiger partial charge in [-0.3, -0.25) is 19.2 Å². The van der Waals surface area contributed by atoms with Gasteiger partial charge in [0.2, 0.25) is 0 Å². The summed E-state index contributed by atoms with van der Waals surface area (Å²) in [6, 6.07) is 0. The number of fused-ring (bicyclic) bond motifs is 5. The Labute approximate surface area is 315 Å². The maximum atomic E-state index is 13.5. The molecule has 2 N–H and O–H groups in total. The van der Waals surface area contributed by atoms with Crippen LogP contribution in [0.4, 0.5) is 0 Å². The molecule has 9 nitrogen and oxygen atoms in total. The van der Waals surface area contributed by atoms with Crippen LogP contribution < -0.4 is 0 Å². The first-order valence-corrected chi connectivity index (χ1v) is 19.2. The molecule has 0 aromatic carbocycles. The van der Waals surface area contributed by atoms with E-state index in [1.165, 1.54) is 13.8 Å². The molecule has 9 heteroatoms. The van der Waals surface area contributed by atoms with Gasteiger partial charge in [0.25, 0.3) is 0 Å². The van der Waals surface area contributed by atoms with Crippen LogP contribution in [0.3, 0.4) is 0 Å². The van der Waals surface area contributed by atoms with Gasteiger partial charge in [-0.25, -0.2) is 0 Å². The Morgan fingerprint density at radius 1 is 0.868 bits per heavy atom. The Hall–Kier alpha value is -3.82. The van der Waals surface area contributed by atoms with Crippen LogP contribution >= 0.6 is 0 Å². The minimum Gasteiger partial charge on any atom is -0.461 e. The molecule has 0 aromatic rings. The number of ether oxygens (including phenoxy) is 3. The van der Waals surface area contributed by atoms with Gasteiger partial charge < -0.3 is 24.4 Å². The van der Waals surface area contributed by atoms with Crippen LogP contribution in [0, 0.1) is 29.1 Å². The molecule has 53 heavy (non-hydrogen) atoms. The number of carbonyl (C=O) groups is 4. The number of allylic oxidation sites excluding steroid dienone is 10. The highest BCUT2D eigenvalue weighted by Gasteiger charge is 2.87. The Morgan fingerprint density at radius 2 is 1.43 bits per heavy atom. The zero-order chi connectivity index (χ0) is 39.0. The van der Waals surface area contributed by atoms with Gasteiger partial charge in [-0.2, -0.15) is 0 Å². The summed E-state index contributed by atoms with van der Waals surface area (Å²) in [5.74, 6) is -5.21. The van der Waals surface area contributed by atoms with Crippen molar-refractivity contribution in [2.45, 2.75) is 129 Å². The van der Waals surface area contributed by atoms with Gasteiger partial charge >= 0.3 is 17.9 Å². The van der Waals surface area contributed by atoms with Gasteiger partial charge in [0.15, 0.2) is 11.4 Å². The van der Waals surface area contributed by atoms with Gasteiger partial charge in [-0.15, -0.1) is 0 Å². The number of ketones is 1. The number of hydrogen-bond acceptors (Lipinski definition) is 9. The lowest BCUT2D eigenvalue weighted by atomic mass is 9.59. The Kier molecular flexibility index (Phi) is 13.9. The summed E-state index contributed by atoms with van der Waals surface area (Å²) >= 11 is 0. The zero-order valence-electron chi connectivity index (χ0n) is 32.6. The normalized spacial score (nSPS) is 33.2. The highest BCUT2D eigenvalue weighted by Crippen LogP contribution is 2.77. The van der Waals surface area contributed by atoms with Gasteiger partial charge in [0, 0.05) is 55.8 Å². The fourth-order valence-electron chi connectivity index (χ4n) is 9.18. The molecular formula is C44H60O9. The average molecular weight is 733 g/mol. The second-order valence-electron chi connectivity index (χ2n) is 15.7. The lowest BCUT2D eigenvalue weighted by Gasteiger charge is -2.53. The molecule has 0 aromatic heterocycles. The zero-order valence-corrected chi connectivity index (χ0v) is 32.6. The van der Waals surface area contributed by atoms with E-state index in [1.807, 2.05) is 19.9 Å². The molecule has 0 spiro atoms. The minimum absolute atomic E-state index is 0.123. The van der Waals surface area contributed by atoms with Crippen molar-refractivity contribution in [3.05, 3.63) is 84.1 Å². The Balaban J connectivity index is 1.43. The van der Waals surface area contributed by atoms with E-state index in [9.17, 15) is 29.4 Å². The van der Waals surface area contributed by atoms with Crippen molar-refractivity contribution in [3.8, 4) is 0 Å². The van der Waals surface area contributed by atoms with Crippen molar-refractivity contribution in [1.82, 2.24) is 0 Å². The molecule has 4 aliphatic carbocycles. The van der Waals surface area contributed by atoms with Crippen LogP contribution in [-0.4, -0.2) is 63.4 Å². The van der Waals surface area contributed by atoms with Gasteiger partial charge in [-0.05, 0) is 63.0 Å². The van der Waals surface area contributed by atoms with Crippen molar-refractivity contribution in [2.24, 2.45) is 29.1 Å². The second-order valence-corrected chi connectivity index (χ2v) is 15.7. The Bertz CT molecular complexity index is 1590. The van der Waals surface area contributed by atoms with E-state index in [4.69, 9.17) is 14.2 Å². The SMILES string of the molecule is CC/C=C\C/C=C\C/C=C\C/C=C\C/C=C\CCCC(=O)O[C@@H]1[C@@H](C)[C@@]2(O)[C@@H](C=C(COC(C)=O)C[C@]3(O)C(=O)C(C)=C[C@@H]23)[C@@H]2C(C)(C)[C@]12OC(C)=O. The summed E-state index contributed by atoms with van der Waals surface area (Å²) in [7, 11) is 0. The smallest absolute Gasteiger partial charge is 0.306 e. The number of aliphatic hydroxyl groups is 2. The summed E-state index contributed by atoms with van der Waals surface area (Å²) in [5, 5.41) is 25.0. The van der Waals surface area contributed by atoms with Crippen LogP contribution in [0.1, 0.15) is 106 Å². The number of Topliss-reactive ketones (excluding diaryl/α,β-unsaturated/α-hetero) is 1. The number of carbonyl (C=O) groups excluding carboxylic acids is 4. The summed E-state index contributed by atoms with van der Waals surface area (Å²) < 4.78 is 17.7. The monoisotopic (exact) mass is 732 g/mol. The van der Waals surface area contributed by atoms with Gasteiger partial charge in [-0.1, -0.05) is 101 Å². The average Bonchev–Trinajstić information content (AvgIpc) is 3.51. The third kappa shape index (κ3) is 8.62. The Morgan fingerprint density at radius 3 is 1.98 bits per heavy atom. The molecule has 290 valence electrons. The molecule has 0 radical (unpaired) electrons. The molecule has 2 saturated carbocycles. The first kappa shape index (κ1) is 41.9.